The molecule has 0 aliphatic rings. The zero-order valence-corrected chi connectivity index (χ0v) is 40.8. The molecule has 0 amide bonds. The SMILES string of the molecule is CCC[CH2][Sn+2][CH2]CCC.CCC[CH2][Sn+2][CH2]CCC.COc1cccc(/C=N/N=C/c2ccccn2)c1O.COc1cccc(/C=N/N=C/c2ccccn2)c1O.[O-2].[O-2]. The second-order valence-corrected chi connectivity index (χ2v) is 20.8. The predicted octanol–water partition coefficient (Wildman–Crippen LogP) is 10.5. The van der Waals surface area contributed by atoms with Crippen molar-refractivity contribution in [2.75, 3.05) is 14.2 Å². The van der Waals surface area contributed by atoms with Crippen LogP contribution in [0, 0.1) is 0 Å². The van der Waals surface area contributed by atoms with Crippen LogP contribution in [0.4, 0.5) is 0 Å². The second kappa shape index (κ2) is 39.9. The van der Waals surface area contributed by atoms with Gasteiger partial charge in [-0.3, -0.25) is 9.97 Å². The van der Waals surface area contributed by atoms with Crippen LogP contribution in [0.3, 0.4) is 0 Å². The molecule has 2 aromatic heterocycles. The van der Waals surface area contributed by atoms with Crippen molar-refractivity contribution in [3.63, 3.8) is 0 Å². The summed E-state index contributed by atoms with van der Waals surface area (Å²) in [7, 11) is 2.99. The van der Waals surface area contributed by atoms with Crippen molar-refractivity contribution < 1.29 is 30.6 Å². The fourth-order valence-electron chi connectivity index (χ4n) is 4.35. The van der Waals surface area contributed by atoms with E-state index in [0.29, 0.717) is 22.6 Å². The van der Waals surface area contributed by atoms with E-state index in [1.54, 1.807) is 66.5 Å². The molecule has 2 heterocycles. The molecule has 2 N–H and O–H groups in total. The van der Waals surface area contributed by atoms with E-state index in [1.807, 2.05) is 36.4 Å². The number of hydrogen-bond acceptors (Lipinski definition) is 10. The van der Waals surface area contributed by atoms with E-state index in [4.69, 9.17) is 9.47 Å². The zero-order valence-electron chi connectivity index (χ0n) is 35.1. The fourth-order valence-corrected chi connectivity index (χ4v) is 12.7. The smallest absolute Gasteiger partial charge is 0.166 e. The second-order valence-electron chi connectivity index (χ2n) is 12.2. The Hall–Kier alpha value is -3.86. The summed E-state index contributed by atoms with van der Waals surface area (Å²) < 4.78 is 16.5. The molecular formula is C44H62N6O6Sn2. The van der Waals surface area contributed by atoms with E-state index in [1.165, 1.54) is 90.4 Å². The monoisotopic (exact) mass is 1010 g/mol. The minimum Gasteiger partial charge on any atom is -2.00 e. The molecule has 0 aliphatic heterocycles. The van der Waals surface area contributed by atoms with Gasteiger partial charge in [-0.25, -0.2) is 0 Å². The van der Waals surface area contributed by atoms with E-state index in [2.05, 4.69) is 58.1 Å². The number of unbranched alkanes of at least 4 members (excludes halogenated alkanes) is 4. The Labute approximate surface area is 367 Å². The summed E-state index contributed by atoms with van der Waals surface area (Å²) in [5.41, 5.74) is 2.51. The van der Waals surface area contributed by atoms with Gasteiger partial charge < -0.3 is 30.6 Å². The maximum Gasteiger partial charge on any atom is 0.166 e. The molecule has 4 rings (SSSR count). The molecule has 0 unspecified atom stereocenters. The molecule has 0 saturated heterocycles. The number of para-hydroxylation sites is 2. The standard InChI is InChI=1S/2C14H13N3O2.4C4H9.2O.2Sn/c2*1-19-13-7-4-5-11(14(13)18)9-16-17-10-12-6-2-3-8-15-12;4*1-3-4-2;;;;/h2*2-10,18H,1H3;4*1,3-4H2,2H3;;;;/q;;;;;;2*-2;2*+2/b2*16-9+,17-10+;;;;;;;;. The molecule has 12 nitrogen and oxygen atoms in total. The minimum absolute atomic E-state index is 0. The molecule has 4 aromatic rings. The van der Waals surface area contributed by atoms with Crippen molar-refractivity contribution in [1.82, 2.24) is 9.97 Å². The number of pyridine rings is 2. The van der Waals surface area contributed by atoms with Crippen LogP contribution < -0.4 is 9.47 Å². The number of phenolic OH excluding ortho intramolecular Hbond substituents is 2. The Bertz CT molecular complexity index is 1530. The number of aromatic nitrogens is 2. The summed E-state index contributed by atoms with van der Waals surface area (Å²) in [5.74, 6) is 0.888. The minimum atomic E-state index is 0. The van der Waals surface area contributed by atoms with Gasteiger partial charge in [0.05, 0.1) is 50.5 Å². The molecule has 0 saturated carbocycles. The van der Waals surface area contributed by atoms with Gasteiger partial charge in [0, 0.05) is 23.5 Å². The van der Waals surface area contributed by atoms with Gasteiger partial charge in [0.2, 0.25) is 0 Å². The summed E-state index contributed by atoms with van der Waals surface area (Å²) in [6, 6.07) is 21.3. The summed E-state index contributed by atoms with van der Waals surface area (Å²) in [5, 5.41) is 35.1. The Kier molecular flexibility index (Phi) is 38.7. The zero-order chi connectivity index (χ0) is 40.9. The summed E-state index contributed by atoms with van der Waals surface area (Å²) in [6.07, 6.45) is 21.0. The summed E-state index contributed by atoms with van der Waals surface area (Å²) in [4.78, 5) is 8.15. The van der Waals surface area contributed by atoms with E-state index < -0.39 is 0 Å². The molecule has 58 heavy (non-hydrogen) atoms. The number of benzene rings is 2. The normalized spacial score (nSPS) is 10.2. The molecule has 0 fully saturated rings. The molecule has 0 bridgehead atoms. The van der Waals surface area contributed by atoms with Gasteiger partial charge in [-0.05, 0) is 48.5 Å². The maximum atomic E-state index is 9.82. The van der Waals surface area contributed by atoms with Crippen LogP contribution in [0.15, 0.2) is 106 Å². The number of methoxy groups -OCH3 is 2. The predicted molar refractivity (Wildman–Crippen MR) is 240 cm³/mol. The van der Waals surface area contributed by atoms with Crippen molar-refractivity contribution >= 4 is 67.1 Å². The molecule has 2 aromatic carbocycles. The Morgan fingerprint density at radius 3 is 1.14 bits per heavy atom. The summed E-state index contributed by atoms with van der Waals surface area (Å²) in [6.45, 7) is 9.16. The maximum absolute atomic E-state index is 9.82. The van der Waals surface area contributed by atoms with Crippen molar-refractivity contribution in [3.05, 3.63) is 108 Å². The molecule has 14 heteroatoms. The van der Waals surface area contributed by atoms with Crippen LogP contribution in [0.25, 0.3) is 0 Å². The van der Waals surface area contributed by atoms with Crippen LogP contribution >= 0.6 is 0 Å². The average Bonchev–Trinajstić information content (AvgIpc) is 3.23. The van der Waals surface area contributed by atoms with Crippen LogP contribution in [0.1, 0.15) is 102 Å². The molecule has 0 radical (unpaired) electrons. The van der Waals surface area contributed by atoms with E-state index in [9.17, 15) is 10.2 Å². The first kappa shape index (κ1) is 56.2. The first-order valence-electron chi connectivity index (χ1n) is 19.5. The third kappa shape index (κ3) is 27.7. The number of nitrogens with zero attached hydrogens (tertiary/aromatic N) is 6. The van der Waals surface area contributed by atoms with Crippen LogP contribution in [-0.4, -0.2) is 102 Å². The molecule has 312 valence electrons. The third-order valence-electron chi connectivity index (χ3n) is 7.61. The first-order valence-corrected chi connectivity index (χ1v) is 27.6. The van der Waals surface area contributed by atoms with Gasteiger partial charge in [0.25, 0.3) is 0 Å². The number of hydrogen-bond donors (Lipinski definition) is 2. The number of phenols is 2. The quantitative estimate of drug-likeness (QED) is 0.0383. The molecule has 0 atom stereocenters. The van der Waals surface area contributed by atoms with E-state index in [-0.39, 0.29) is 64.7 Å². The van der Waals surface area contributed by atoms with Gasteiger partial charge in [0.1, 0.15) is 0 Å². The number of aromatic hydroxyl groups is 2. The van der Waals surface area contributed by atoms with Crippen molar-refractivity contribution in [2.24, 2.45) is 20.4 Å². The number of rotatable bonds is 20. The Morgan fingerprint density at radius 1 is 0.500 bits per heavy atom. The molecule has 0 aliphatic carbocycles. The number of ether oxygens (including phenoxy) is 2. The third-order valence-corrected chi connectivity index (χ3v) is 15.7. The Balaban J connectivity index is 0. The first-order chi connectivity index (χ1) is 27.4. The molecule has 0 spiro atoms. The van der Waals surface area contributed by atoms with Crippen LogP contribution in [0.5, 0.6) is 23.0 Å². The van der Waals surface area contributed by atoms with Gasteiger partial charge in [0.15, 0.2) is 23.0 Å². The average molecular weight is 1010 g/mol. The van der Waals surface area contributed by atoms with Crippen molar-refractivity contribution in [1.29, 1.82) is 0 Å². The van der Waals surface area contributed by atoms with Crippen molar-refractivity contribution in [3.8, 4) is 23.0 Å². The topological polar surface area (TPSA) is 191 Å². The van der Waals surface area contributed by atoms with E-state index >= 15 is 0 Å². The molecular weight excluding hydrogens is 946 g/mol. The van der Waals surface area contributed by atoms with Gasteiger partial charge in [-0.1, -0.05) is 24.3 Å². The fraction of sp³-hybridized carbons (Fsp3) is 0.409. The van der Waals surface area contributed by atoms with E-state index in [0.717, 1.165) is 11.4 Å². The van der Waals surface area contributed by atoms with Crippen molar-refractivity contribution in [2.45, 2.75) is 96.8 Å². The van der Waals surface area contributed by atoms with Crippen LogP contribution in [-0.2, 0) is 11.0 Å². The van der Waals surface area contributed by atoms with Gasteiger partial charge in [-0.2, -0.15) is 20.4 Å². The van der Waals surface area contributed by atoms with Gasteiger partial charge in [-0.15, -0.1) is 0 Å². The van der Waals surface area contributed by atoms with Crippen LogP contribution in [0.2, 0.25) is 17.7 Å². The largest absolute Gasteiger partial charge is 2.00 e. The van der Waals surface area contributed by atoms with Gasteiger partial charge >= 0.3 is 139 Å². The Morgan fingerprint density at radius 2 is 0.845 bits per heavy atom. The summed E-state index contributed by atoms with van der Waals surface area (Å²) >= 11 is 0.299.